The molecule has 0 radical (unpaired) electrons. The van der Waals surface area contributed by atoms with Crippen LogP contribution in [0, 0.1) is 34.0 Å². The van der Waals surface area contributed by atoms with Gasteiger partial charge < -0.3 is 5.11 Å². The Hall–Kier alpha value is -1.41. The standard InChI is InChI=1S/C28H38O2/c1-25-13-10-21-22-12-15-28(4,30)26(22,2)14-11-23(21)27(25,3)17-20(24(29)18-25)16-19-8-6-5-7-9-19/h5-9,16,21-23,30H,10-15,17-18H2,1-4H3/b20-16+/t21-,22+,23-,25+,26+,27-,28+/m1/s1. The summed E-state index contributed by atoms with van der Waals surface area (Å²) < 4.78 is 0. The Morgan fingerprint density at radius 2 is 1.53 bits per heavy atom. The summed E-state index contributed by atoms with van der Waals surface area (Å²) in [5.41, 5.74) is 1.99. The monoisotopic (exact) mass is 406 g/mol. The van der Waals surface area contributed by atoms with Gasteiger partial charge in [0.25, 0.3) is 0 Å². The molecule has 0 amide bonds. The number of hydrogen-bond acceptors (Lipinski definition) is 2. The van der Waals surface area contributed by atoms with Gasteiger partial charge in [0.05, 0.1) is 5.60 Å². The summed E-state index contributed by atoms with van der Waals surface area (Å²) in [6, 6.07) is 10.3. The van der Waals surface area contributed by atoms with Gasteiger partial charge in [-0.25, -0.2) is 0 Å². The fourth-order valence-corrected chi connectivity index (χ4v) is 8.42. The van der Waals surface area contributed by atoms with Gasteiger partial charge in [-0.2, -0.15) is 0 Å². The second kappa shape index (κ2) is 6.55. The maximum atomic E-state index is 13.2. The average molecular weight is 407 g/mol. The first-order valence-electron chi connectivity index (χ1n) is 12.1. The van der Waals surface area contributed by atoms with Crippen molar-refractivity contribution in [1.82, 2.24) is 0 Å². The largest absolute Gasteiger partial charge is 0.390 e. The summed E-state index contributed by atoms with van der Waals surface area (Å²) in [4.78, 5) is 13.2. The molecular formula is C28H38O2. The molecule has 0 bridgehead atoms. The summed E-state index contributed by atoms with van der Waals surface area (Å²) in [7, 11) is 0. The molecule has 0 saturated heterocycles. The van der Waals surface area contributed by atoms with Crippen LogP contribution < -0.4 is 0 Å². The zero-order chi connectivity index (χ0) is 21.4. The van der Waals surface area contributed by atoms with E-state index in [4.69, 9.17) is 0 Å². The molecule has 162 valence electrons. The van der Waals surface area contributed by atoms with Crippen LogP contribution in [0.3, 0.4) is 0 Å². The highest BCUT2D eigenvalue weighted by atomic mass is 16.3. The van der Waals surface area contributed by atoms with Gasteiger partial charge in [0.1, 0.15) is 0 Å². The summed E-state index contributed by atoms with van der Waals surface area (Å²) in [6.45, 7) is 9.36. The second-order valence-corrected chi connectivity index (χ2v) is 12.0. The number of hydrogen-bond donors (Lipinski definition) is 1. The van der Waals surface area contributed by atoms with Crippen molar-refractivity contribution in [2.24, 2.45) is 34.0 Å². The van der Waals surface area contributed by atoms with Crippen LogP contribution >= 0.6 is 0 Å². The highest BCUT2D eigenvalue weighted by Gasteiger charge is 2.65. The van der Waals surface area contributed by atoms with Crippen LogP contribution in [0.1, 0.15) is 84.6 Å². The van der Waals surface area contributed by atoms with Crippen LogP contribution in [0.2, 0.25) is 0 Å². The predicted molar refractivity (Wildman–Crippen MR) is 122 cm³/mol. The molecule has 0 aromatic heterocycles. The number of ketones is 1. The molecule has 0 spiro atoms. The van der Waals surface area contributed by atoms with E-state index in [-0.39, 0.29) is 16.2 Å². The van der Waals surface area contributed by atoms with Crippen molar-refractivity contribution in [1.29, 1.82) is 0 Å². The van der Waals surface area contributed by atoms with E-state index in [9.17, 15) is 9.90 Å². The number of allylic oxidation sites excluding steroid dienone is 1. The maximum absolute atomic E-state index is 13.2. The van der Waals surface area contributed by atoms with Crippen molar-refractivity contribution < 1.29 is 9.90 Å². The summed E-state index contributed by atoms with van der Waals surface area (Å²) in [6.07, 6.45) is 10.6. The zero-order valence-corrected chi connectivity index (χ0v) is 19.2. The van der Waals surface area contributed by atoms with Gasteiger partial charge in [-0.15, -0.1) is 0 Å². The topological polar surface area (TPSA) is 37.3 Å². The average Bonchev–Trinajstić information content (AvgIpc) is 2.94. The van der Waals surface area contributed by atoms with Crippen molar-refractivity contribution in [3.63, 3.8) is 0 Å². The third-order valence-electron chi connectivity index (χ3n) is 10.8. The Morgan fingerprint density at radius 1 is 0.867 bits per heavy atom. The van der Waals surface area contributed by atoms with Gasteiger partial charge >= 0.3 is 0 Å². The lowest BCUT2D eigenvalue weighted by atomic mass is 9.40. The first-order chi connectivity index (χ1) is 14.1. The van der Waals surface area contributed by atoms with E-state index in [0.717, 1.165) is 36.8 Å². The van der Waals surface area contributed by atoms with Crippen LogP contribution in [-0.4, -0.2) is 16.5 Å². The van der Waals surface area contributed by atoms with Crippen molar-refractivity contribution >= 4 is 11.9 Å². The lowest BCUT2D eigenvalue weighted by molar-refractivity contribution is -0.169. The van der Waals surface area contributed by atoms with Crippen LogP contribution in [0.15, 0.2) is 35.9 Å². The van der Waals surface area contributed by atoms with Gasteiger partial charge in [-0.05, 0) is 103 Å². The van der Waals surface area contributed by atoms with E-state index in [1.165, 1.54) is 19.3 Å². The number of benzene rings is 1. The molecule has 7 atom stereocenters. The van der Waals surface area contributed by atoms with E-state index < -0.39 is 5.60 Å². The molecule has 4 fully saturated rings. The normalized spacial score (nSPS) is 49.4. The Bertz CT molecular complexity index is 883. The van der Waals surface area contributed by atoms with Crippen molar-refractivity contribution in [3.8, 4) is 0 Å². The third kappa shape index (κ3) is 2.68. The van der Waals surface area contributed by atoms with E-state index in [0.29, 0.717) is 30.0 Å². The summed E-state index contributed by atoms with van der Waals surface area (Å²) >= 11 is 0. The lowest BCUT2D eigenvalue weighted by Gasteiger charge is -2.64. The third-order valence-corrected chi connectivity index (χ3v) is 10.8. The van der Waals surface area contributed by atoms with Crippen molar-refractivity contribution in [2.75, 3.05) is 0 Å². The molecule has 2 heteroatoms. The molecule has 30 heavy (non-hydrogen) atoms. The van der Waals surface area contributed by atoms with Crippen LogP contribution in [0.5, 0.6) is 0 Å². The quantitative estimate of drug-likeness (QED) is 0.545. The fraction of sp³-hybridized carbons (Fsp3) is 0.679. The second-order valence-electron chi connectivity index (χ2n) is 12.0. The van der Waals surface area contributed by atoms with Crippen LogP contribution in [-0.2, 0) is 4.79 Å². The minimum absolute atomic E-state index is 0.0610. The minimum atomic E-state index is -0.523. The first kappa shape index (κ1) is 20.5. The van der Waals surface area contributed by atoms with Gasteiger partial charge in [0.15, 0.2) is 5.78 Å². The summed E-state index contributed by atoms with van der Waals surface area (Å²) in [5, 5.41) is 11.2. The molecule has 4 aliphatic rings. The molecular weight excluding hydrogens is 368 g/mol. The van der Waals surface area contributed by atoms with Gasteiger partial charge in [0.2, 0.25) is 0 Å². The Kier molecular flexibility index (Phi) is 4.47. The number of rotatable bonds is 1. The van der Waals surface area contributed by atoms with E-state index in [2.05, 4.69) is 58.0 Å². The molecule has 1 aromatic rings. The SMILES string of the molecule is C[C@@]12CC[C@H]3[C@@H](CC[C@@]4(C)[C@H]3CC[C@]4(C)O)[C@@]1(C)C/C(=C\c1ccccc1)C(=O)C2. The fourth-order valence-electron chi connectivity index (χ4n) is 8.42. The Labute approximate surface area is 182 Å². The molecule has 5 rings (SSSR count). The molecule has 0 aliphatic heterocycles. The van der Waals surface area contributed by atoms with E-state index in [1.807, 2.05) is 6.07 Å². The highest BCUT2D eigenvalue weighted by molar-refractivity contribution is 6.01. The predicted octanol–water partition coefficient (Wildman–Crippen LogP) is 6.43. The molecule has 0 heterocycles. The number of carbonyl (C=O) groups excluding carboxylic acids is 1. The molecule has 0 unspecified atom stereocenters. The number of Topliss-reactive ketones (excluding diaryl/α,β-unsaturated/α-hetero) is 1. The molecule has 2 nitrogen and oxygen atoms in total. The number of fused-ring (bicyclic) bond motifs is 5. The number of aliphatic hydroxyl groups is 1. The Balaban J connectivity index is 1.50. The lowest BCUT2D eigenvalue weighted by Crippen LogP contribution is -2.59. The van der Waals surface area contributed by atoms with E-state index in [1.54, 1.807) is 0 Å². The van der Waals surface area contributed by atoms with Crippen molar-refractivity contribution in [3.05, 3.63) is 41.5 Å². The van der Waals surface area contributed by atoms with Gasteiger partial charge in [0, 0.05) is 6.42 Å². The minimum Gasteiger partial charge on any atom is -0.390 e. The molecule has 4 saturated carbocycles. The Morgan fingerprint density at radius 3 is 2.27 bits per heavy atom. The maximum Gasteiger partial charge on any atom is 0.159 e. The van der Waals surface area contributed by atoms with Crippen molar-refractivity contribution in [2.45, 2.75) is 84.7 Å². The first-order valence-corrected chi connectivity index (χ1v) is 12.1. The molecule has 4 aliphatic carbocycles. The van der Waals surface area contributed by atoms with Gasteiger partial charge in [-0.1, -0.05) is 51.1 Å². The zero-order valence-electron chi connectivity index (χ0n) is 19.2. The van der Waals surface area contributed by atoms with E-state index >= 15 is 0 Å². The molecule has 1 N–H and O–H groups in total. The smallest absolute Gasteiger partial charge is 0.159 e. The van der Waals surface area contributed by atoms with Crippen LogP contribution in [0.4, 0.5) is 0 Å². The molecule has 1 aromatic carbocycles. The highest BCUT2D eigenvalue weighted by Crippen LogP contribution is 2.71. The number of carbonyl (C=O) groups is 1. The summed E-state index contributed by atoms with van der Waals surface area (Å²) in [5.74, 6) is 2.35. The van der Waals surface area contributed by atoms with Gasteiger partial charge in [-0.3, -0.25) is 4.79 Å². The van der Waals surface area contributed by atoms with Crippen LogP contribution in [0.25, 0.3) is 6.08 Å².